The molecule has 0 bridgehead atoms. The Hall–Kier alpha value is -3.23. The van der Waals surface area contributed by atoms with Gasteiger partial charge in [0.15, 0.2) is 5.69 Å². The second kappa shape index (κ2) is 5.76. The molecular formula is C15H9F3N4O2. The first kappa shape index (κ1) is 15.7. The molecule has 24 heavy (non-hydrogen) atoms. The van der Waals surface area contributed by atoms with E-state index in [4.69, 9.17) is 5.11 Å². The van der Waals surface area contributed by atoms with Gasteiger partial charge in [-0.25, -0.2) is 14.5 Å². The predicted octanol–water partition coefficient (Wildman–Crippen LogP) is 3.05. The van der Waals surface area contributed by atoms with Crippen LogP contribution in [0.15, 0.2) is 48.9 Å². The van der Waals surface area contributed by atoms with Gasteiger partial charge in [-0.05, 0) is 30.3 Å². The van der Waals surface area contributed by atoms with Gasteiger partial charge >= 0.3 is 12.1 Å². The van der Waals surface area contributed by atoms with E-state index in [2.05, 4.69) is 15.1 Å². The summed E-state index contributed by atoms with van der Waals surface area (Å²) in [7, 11) is 0. The molecule has 9 heteroatoms. The van der Waals surface area contributed by atoms with Gasteiger partial charge in [0.25, 0.3) is 0 Å². The minimum absolute atomic E-state index is 0.210. The van der Waals surface area contributed by atoms with E-state index in [9.17, 15) is 18.0 Å². The number of aromatic nitrogens is 4. The number of nitrogens with zero attached hydrogens (tertiary/aromatic N) is 4. The molecule has 122 valence electrons. The highest BCUT2D eigenvalue weighted by Crippen LogP contribution is 2.29. The maximum atomic E-state index is 12.6. The maximum absolute atomic E-state index is 12.6. The molecule has 0 fully saturated rings. The zero-order valence-electron chi connectivity index (χ0n) is 11.9. The highest BCUT2D eigenvalue weighted by Gasteiger charge is 2.32. The van der Waals surface area contributed by atoms with Crippen LogP contribution in [-0.2, 0) is 6.18 Å². The minimum atomic E-state index is -4.55. The third-order valence-corrected chi connectivity index (χ3v) is 3.19. The van der Waals surface area contributed by atoms with E-state index in [0.717, 1.165) is 12.3 Å². The molecule has 0 saturated carbocycles. The SMILES string of the molecule is O=C(O)c1cc(-c2ccncc2)n(-c2ccc(C(F)(F)F)nc2)n1. The maximum Gasteiger partial charge on any atom is 0.433 e. The molecule has 0 amide bonds. The Morgan fingerprint density at radius 1 is 1.12 bits per heavy atom. The van der Waals surface area contributed by atoms with E-state index in [1.165, 1.54) is 29.2 Å². The van der Waals surface area contributed by atoms with Crippen molar-refractivity contribution in [2.45, 2.75) is 6.18 Å². The van der Waals surface area contributed by atoms with Crippen LogP contribution < -0.4 is 0 Å². The van der Waals surface area contributed by atoms with Crippen LogP contribution in [0.2, 0.25) is 0 Å². The van der Waals surface area contributed by atoms with Crippen molar-refractivity contribution >= 4 is 5.97 Å². The lowest BCUT2D eigenvalue weighted by molar-refractivity contribution is -0.141. The average molecular weight is 334 g/mol. The van der Waals surface area contributed by atoms with Gasteiger partial charge in [0.2, 0.25) is 0 Å². The van der Waals surface area contributed by atoms with Crippen LogP contribution >= 0.6 is 0 Å². The Kier molecular flexibility index (Phi) is 3.76. The molecule has 0 aromatic carbocycles. The molecule has 3 aromatic heterocycles. The number of hydrogen-bond acceptors (Lipinski definition) is 4. The first-order valence-electron chi connectivity index (χ1n) is 6.63. The Labute approximate surface area is 133 Å². The quantitative estimate of drug-likeness (QED) is 0.796. The van der Waals surface area contributed by atoms with E-state index >= 15 is 0 Å². The summed E-state index contributed by atoms with van der Waals surface area (Å²) < 4.78 is 39.0. The van der Waals surface area contributed by atoms with E-state index in [1.54, 1.807) is 12.1 Å². The normalized spacial score (nSPS) is 11.5. The summed E-state index contributed by atoms with van der Waals surface area (Å²) in [5.74, 6) is -1.25. The minimum Gasteiger partial charge on any atom is -0.476 e. The third-order valence-electron chi connectivity index (χ3n) is 3.19. The van der Waals surface area contributed by atoms with Crippen molar-refractivity contribution in [3.05, 3.63) is 60.3 Å². The molecule has 3 heterocycles. The number of carboxylic acid groups (broad SMARTS) is 1. The van der Waals surface area contributed by atoms with Crippen LogP contribution in [0.5, 0.6) is 0 Å². The van der Waals surface area contributed by atoms with E-state index in [1.807, 2.05) is 0 Å². The van der Waals surface area contributed by atoms with Crippen LogP contribution in [0, 0.1) is 0 Å². The summed E-state index contributed by atoms with van der Waals surface area (Å²) in [6.45, 7) is 0. The number of rotatable bonds is 3. The van der Waals surface area contributed by atoms with Crippen molar-refractivity contribution in [1.29, 1.82) is 0 Å². The van der Waals surface area contributed by atoms with Gasteiger partial charge < -0.3 is 5.11 Å². The molecule has 0 radical (unpaired) electrons. The van der Waals surface area contributed by atoms with E-state index in [0.29, 0.717) is 11.3 Å². The summed E-state index contributed by atoms with van der Waals surface area (Å²) in [6, 6.07) is 6.59. The summed E-state index contributed by atoms with van der Waals surface area (Å²) in [5, 5.41) is 13.0. The first-order valence-corrected chi connectivity index (χ1v) is 6.63. The molecule has 0 aliphatic carbocycles. The van der Waals surface area contributed by atoms with Gasteiger partial charge in [-0.3, -0.25) is 4.98 Å². The summed E-state index contributed by atoms with van der Waals surface area (Å²) >= 11 is 0. The average Bonchev–Trinajstić information content (AvgIpc) is 3.00. The van der Waals surface area contributed by atoms with Crippen LogP contribution in [0.1, 0.15) is 16.2 Å². The van der Waals surface area contributed by atoms with Crippen LogP contribution in [0.3, 0.4) is 0 Å². The number of pyridine rings is 2. The molecule has 0 saturated heterocycles. The Morgan fingerprint density at radius 3 is 2.38 bits per heavy atom. The molecular weight excluding hydrogens is 325 g/mol. The lowest BCUT2D eigenvalue weighted by Gasteiger charge is -2.09. The van der Waals surface area contributed by atoms with Gasteiger partial charge in [0.05, 0.1) is 17.6 Å². The van der Waals surface area contributed by atoms with Crippen molar-refractivity contribution in [3.8, 4) is 16.9 Å². The van der Waals surface area contributed by atoms with Gasteiger partial charge in [-0.2, -0.15) is 18.3 Å². The van der Waals surface area contributed by atoms with Crippen LogP contribution in [0.4, 0.5) is 13.2 Å². The standard InChI is InChI=1S/C15H9F3N4O2/c16-15(17,18)13-2-1-10(8-20-13)22-12(7-11(21-22)14(23)24)9-3-5-19-6-4-9/h1-8H,(H,23,24). The van der Waals surface area contributed by atoms with Gasteiger partial charge in [-0.15, -0.1) is 0 Å². The zero-order valence-corrected chi connectivity index (χ0v) is 11.9. The van der Waals surface area contributed by atoms with Crippen molar-refractivity contribution in [3.63, 3.8) is 0 Å². The highest BCUT2D eigenvalue weighted by atomic mass is 19.4. The number of halogens is 3. The summed E-state index contributed by atoms with van der Waals surface area (Å²) in [6.07, 6.45) is -0.537. The largest absolute Gasteiger partial charge is 0.476 e. The van der Waals surface area contributed by atoms with E-state index < -0.39 is 17.8 Å². The van der Waals surface area contributed by atoms with Crippen molar-refractivity contribution in [2.24, 2.45) is 0 Å². The van der Waals surface area contributed by atoms with Crippen LogP contribution in [-0.4, -0.2) is 30.8 Å². The molecule has 0 aliphatic heterocycles. The summed E-state index contributed by atoms with van der Waals surface area (Å²) in [4.78, 5) is 18.4. The monoisotopic (exact) mass is 334 g/mol. The Bertz CT molecular complexity index is 874. The molecule has 0 spiro atoms. The lowest BCUT2D eigenvalue weighted by Crippen LogP contribution is -2.09. The molecule has 6 nitrogen and oxygen atoms in total. The number of carboxylic acids is 1. The zero-order chi connectivity index (χ0) is 17.3. The molecule has 0 unspecified atom stereocenters. The Balaban J connectivity index is 2.11. The van der Waals surface area contributed by atoms with Gasteiger partial charge in [0.1, 0.15) is 5.69 Å². The number of carbonyl (C=O) groups is 1. The molecule has 3 rings (SSSR count). The van der Waals surface area contributed by atoms with Crippen molar-refractivity contribution < 1.29 is 23.1 Å². The molecule has 3 aromatic rings. The lowest BCUT2D eigenvalue weighted by atomic mass is 10.2. The fourth-order valence-electron chi connectivity index (χ4n) is 2.09. The van der Waals surface area contributed by atoms with Crippen molar-refractivity contribution in [2.75, 3.05) is 0 Å². The first-order chi connectivity index (χ1) is 11.4. The smallest absolute Gasteiger partial charge is 0.433 e. The number of alkyl halides is 3. The fourth-order valence-corrected chi connectivity index (χ4v) is 2.09. The molecule has 0 aliphatic rings. The van der Waals surface area contributed by atoms with Gasteiger partial charge in [0, 0.05) is 18.0 Å². The number of aromatic carboxylic acids is 1. The highest BCUT2D eigenvalue weighted by molar-refractivity contribution is 5.87. The van der Waals surface area contributed by atoms with Crippen LogP contribution in [0.25, 0.3) is 16.9 Å². The summed E-state index contributed by atoms with van der Waals surface area (Å²) in [5.41, 5.74) is -0.0485. The fraction of sp³-hybridized carbons (Fsp3) is 0.0667. The predicted molar refractivity (Wildman–Crippen MR) is 76.6 cm³/mol. The van der Waals surface area contributed by atoms with E-state index in [-0.39, 0.29) is 11.4 Å². The molecule has 0 atom stereocenters. The molecule has 1 N–H and O–H groups in total. The second-order valence-electron chi connectivity index (χ2n) is 4.77. The van der Waals surface area contributed by atoms with Gasteiger partial charge in [-0.1, -0.05) is 0 Å². The second-order valence-corrected chi connectivity index (χ2v) is 4.77. The third kappa shape index (κ3) is 2.96. The Morgan fingerprint density at radius 2 is 1.83 bits per heavy atom. The number of hydrogen-bond donors (Lipinski definition) is 1. The topological polar surface area (TPSA) is 80.9 Å². The van der Waals surface area contributed by atoms with Crippen molar-refractivity contribution in [1.82, 2.24) is 19.7 Å².